The van der Waals surface area contributed by atoms with Crippen molar-refractivity contribution in [2.75, 3.05) is 6.23 Å². The maximum absolute atomic E-state index is 12.1. The van der Waals surface area contributed by atoms with Crippen molar-refractivity contribution >= 4 is 20.0 Å². The van der Waals surface area contributed by atoms with Gasteiger partial charge in [0.25, 0.3) is 0 Å². The summed E-state index contributed by atoms with van der Waals surface area (Å²) in [5, 5.41) is 0. The highest BCUT2D eigenvalue weighted by atomic mass is 28.3. The molecule has 4 nitrogen and oxygen atoms in total. The van der Waals surface area contributed by atoms with Crippen molar-refractivity contribution in [3.05, 3.63) is 0 Å². The molecule has 0 N–H and O–H groups in total. The van der Waals surface area contributed by atoms with Crippen LogP contribution in [0.2, 0.25) is 19.6 Å². The van der Waals surface area contributed by atoms with E-state index < -0.39 is 13.5 Å². The molecule has 0 atom stereocenters. The van der Waals surface area contributed by atoms with Gasteiger partial charge in [-0.25, -0.2) is 0 Å². The fraction of sp³-hybridized carbons (Fsp3) is 0.882. The topological polar surface area (TPSA) is 52.6 Å². The van der Waals surface area contributed by atoms with Gasteiger partial charge in [-0.1, -0.05) is 26.6 Å². The highest BCUT2D eigenvalue weighted by molar-refractivity contribution is 6.76. The van der Waals surface area contributed by atoms with Gasteiger partial charge in [0.1, 0.15) is 6.10 Å². The molecule has 128 valence electrons. The van der Waals surface area contributed by atoms with Gasteiger partial charge in [-0.15, -0.1) is 0 Å². The molecular formula is C17H32O4Si. The minimum atomic E-state index is -1.36. The minimum Gasteiger partial charge on any atom is -0.469 e. The van der Waals surface area contributed by atoms with Gasteiger partial charge in [0.05, 0.1) is 25.6 Å². The van der Waals surface area contributed by atoms with Crippen LogP contribution in [0.15, 0.2) is 0 Å². The van der Waals surface area contributed by atoms with Gasteiger partial charge in [-0.05, 0) is 46.0 Å². The second-order valence-corrected chi connectivity index (χ2v) is 13.7. The van der Waals surface area contributed by atoms with Gasteiger partial charge in [-0.2, -0.15) is 0 Å². The Hall–Kier alpha value is -0.843. The van der Waals surface area contributed by atoms with E-state index in [0.717, 1.165) is 32.1 Å². The summed E-state index contributed by atoms with van der Waals surface area (Å²) in [5.74, 6) is -0.216. The highest BCUT2D eigenvalue weighted by Crippen LogP contribution is 2.30. The summed E-state index contributed by atoms with van der Waals surface area (Å²) in [6, 6.07) is 0. The van der Waals surface area contributed by atoms with Crippen molar-refractivity contribution in [2.45, 2.75) is 78.6 Å². The van der Waals surface area contributed by atoms with Crippen molar-refractivity contribution in [3.8, 4) is 0 Å². The van der Waals surface area contributed by atoms with E-state index in [1.54, 1.807) is 0 Å². The molecule has 0 bridgehead atoms. The van der Waals surface area contributed by atoms with Gasteiger partial charge in [-0.3, -0.25) is 9.59 Å². The number of carbonyl (C=O) groups is 2. The predicted octanol–water partition coefficient (Wildman–Crippen LogP) is 3.95. The number of carbonyl (C=O) groups excluding carboxylic acids is 2. The molecule has 1 fully saturated rings. The zero-order valence-electron chi connectivity index (χ0n) is 15.0. The van der Waals surface area contributed by atoms with Gasteiger partial charge < -0.3 is 9.47 Å². The molecule has 0 aliphatic heterocycles. The third-order valence-electron chi connectivity index (χ3n) is 4.37. The van der Waals surface area contributed by atoms with Crippen LogP contribution in [-0.4, -0.2) is 32.3 Å². The molecule has 0 aromatic carbocycles. The van der Waals surface area contributed by atoms with E-state index in [1.807, 2.05) is 20.8 Å². The zero-order valence-corrected chi connectivity index (χ0v) is 16.0. The van der Waals surface area contributed by atoms with Gasteiger partial charge in [0, 0.05) is 0 Å². The lowest BCUT2D eigenvalue weighted by Crippen LogP contribution is -2.35. The lowest BCUT2D eigenvalue weighted by Gasteiger charge is -2.30. The summed E-state index contributed by atoms with van der Waals surface area (Å²) in [6.07, 6.45) is 4.36. The van der Waals surface area contributed by atoms with Crippen LogP contribution in [-0.2, 0) is 19.1 Å². The SMILES string of the molecule is CCC(C)(C)C(=O)OC1CCC(C(=O)OC[Si](C)(C)C)CC1. The van der Waals surface area contributed by atoms with Crippen molar-refractivity contribution in [3.63, 3.8) is 0 Å². The fourth-order valence-corrected chi connectivity index (χ4v) is 2.85. The Bertz CT molecular complexity index is 390. The van der Waals surface area contributed by atoms with Crippen LogP contribution in [0.3, 0.4) is 0 Å². The van der Waals surface area contributed by atoms with E-state index >= 15 is 0 Å². The Kier molecular flexibility index (Phi) is 6.65. The van der Waals surface area contributed by atoms with Crippen LogP contribution in [0.1, 0.15) is 52.9 Å². The summed E-state index contributed by atoms with van der Waals surface area (Å²) in [4.78, 5) is 24.2. The first-order chi connectivity index (χ1) is 10.0. The van der Waals surface area contributed by atoms with E-state index in [0.29, 0.717) is 6.23 Å². The number of hydrogen-bond donors (Lipinski definition) is 0. The molecule has 0 radical (unpaired) electrons. The molecule has 1 aliphatic rings. The lowest BCUT2D eigenvalue weighted by atomic mass is 9.86. The molecule has 0 amide bonds. The molecule has 0 saturated heterocycles. The molecular weight excluding hydrogens is 296 g/mol. The normalized spacial score (nSPS) is 23.0. The molecule has 0 heterocycles. The van der Waals surface area contributed by atoms with Crippen LogP contribution in [0.25, 0.3) is 0 Å². The van der Waals surface area contributed by atoms with Crippen molar-refractivity contribution in [2.24, 2.45) is 11.3 Å². The Labute approximate surface area is 136 Å². The zero-order chi connectivity index (χ0) is 17.0. The average Bonchev–Trinajstić information content (AvgIpc) is 2.44. The van der Waals surface area contributed by atoms with E-state index in [2.05, 4.69) is 19.6 Å². The van der Waals surface area contributed by atoms with Gasteiger partial charge >= 0.3 is 11.9 Å². The molecule has 0 spiro atoms. The molecule has 0 aromatic heterocycles. The molecule has 0 aromatic rings. The Morgan fingerprint density at radius 1 is 1.09 bits per heavy atom. The summed E-state index contributed by atoms with van der Waals surface area (Å²) in [7, 11) is -1.36. The van der Waals surface area contributed by atoms with Crippen molar-refractivity contribution in [1.29, 1.82) is 0 Å². The second kappa shape index (κ2) is 7.62. The van der Waals surface area contributed by atoms with E-state index in [4.69, 9.17) is 9.47 Å². The third kappa shape index (κ3) is 6.11. The highest BCUT2D eigenvalue weighted by Gasteiger charge is 2.33. The molecule has 1 saturated carbocycles. The van der Waals surface area contributed by atoms with E-state index in [9.17, 15) is 9.59 Å². The average molecular weight is 329 g/mol. The maximum atomic E-state index is 12.1. The number of rotatable bonds is 6. The summed E-state index contributed by atoms with van der Waals surface area (Å²) < 4.78 is 11.1. The van der Waals surface area contributed by atoms with Crippen LogP contribution in [0.5, 0.6) is 0 Å². The van der Waals surface area contributed by atoms with Crippen molar-refractivity contribution in [1.82, 2.24) is 0 Å². The smallest absolute Gasteiger partial charge is 0.311 e. The van der Waals surface area contributed by atoms with Crippen LogP contribution in [0, 0.1) is 11.3 Å². The van der Waals surface area contributed by atoms with Crippen LogP contribution < -0.4 is 0 Å². The molecule has 1 rings (SSSR count). The maximum Gasteiger partial charge on any atom is 0.311 e. The predicted molar refractivity (Wildman–Crippen MR) is 90.2 cm³/mol. The summed E-state index contributed by atoms with van der Waals surface area (Å²) in [6.45, 7) is 12.4. The Balaban J connectivity index is 2.37. The minimum absolute atomic E-state index is 0.0227. The molecule has 1 aliphatic carbocycles. The Morgan fingerprint density at radius 3 is 2.09 bits per heavy atom. The number of esters is 2. The largest absolute Gasteiger partial charge is 0.469 e. The fourth-order valence-electron chi connectivity index (χ4n) is 2.28. The molecule has 5 heteroatoms. The van der Waals surface area contributed by atoms with Crippen molar-refractivity contribution < 1.29 is 19.1 Å². The molecule has 0 unspecified atom stereocenters. The second-order valence-electron chi connectivity index (χ2n) is 8.28. The quantitative estimate of drug-likeness (QED) is 0.547. The number of hydrogen-bond acceptors (Lipinski definition) is 4. The van der Waals surface area contributed by atoms with Gasteiger partial charge in [0.2, 0.25) is 0 Å². The number of ether oxygens (including phenoxy) is 2. The summed E-state index contributed by atoms with van der Waals surface area (Å²) >= 11 is 0. The van der Waals surface area contributed by atoms with Gasteiger partial charge in [0.15, 0.2) is 0 Å². The first-order valence-corrected chi connectivity index (χ1v) is 12.1. The monoisotopic (exact) mass is 328 g/mol. The third-order valence-corrected chi connectivity index (χ3v) is 5.38. The Morgan fingerprint density at radius 2 is 1.64 bits per heavy atom. The van der Waals surface area contributed by atoms with Crippen LogP contribution >= 0.6 is 0 Å². The summed E-state index contributed by atoms with van der Waals surface area (Å²) in [5.41, 5.74) is -0.423. The first-order valence-electron chi connectivity index (χ1n) is 8.43. The standard InChI is InChI=1S/C17H32O4Si/c1-7-17(2,3)16(19)21-14-10-8-13(9-11-14)15(18)20-12-22(4,5)6/h13-14H,7-12H2,1-6H3. The van der Waals surface area contributed by atoms with E-state index in [1.165, 1.54) is 0 Å². The van der Waals surface area contributed by atoms with E-state index in [-0.39, 0.29) is 24.0 Å². The molecule has 22 heavy (non-hydrogen) atoms. The van der Waals surface area contributed by atoms with Crippen LogP contribution in [0.4, 0.5) is 0 Å². The lowest BCUT2D eigenvalue weighted by molar-refractivity contribution is -0.162. The first kappa shape index (κ1) is 19.2.